The summed E-state index contributed by atoms with van der Waals surface area (Å²) in [6, 6.07) is 15.9. The van der Waals surface area contributed by atoms with E-state index in [1.807, 2.05) is 48.2 Å². The highest BCUT2D eigenvalue weighted by Gasteiger charge is 2.46. The summed E-state index contributed by atoms with van der Waals surface area (Å²) in [6.07, 6.45) is 1.84. The minimum atomic E-state index is -0.113. The molecule has 2 aromatic rings. The number of nitrogens with zero attached hydrogens (tertiary/aromatic N) is 3. The maximum Gasteiger partial charge on any atom is 0.326 e. The van der Waals surface area contributed by atoms with Crippen molar-refractivity contribution in [1.82, 2.24) is 4.90 Å². The van der Waals surface area contributed by atoms with E-state index < -0.39 is 0 Å². The average molecular weight is 390 g/mol. The molecule has 1 spiro atoms. The molecule has 1 N–H and O–H groups in total. The first-order valence-electron chi connectivity index (χ1n) is 9.98. The molecule has 6 nitrogen and oxygen atoms in total. The number of fused-ring (bicyclic) bond motifs is 2. The van der Waals surface area contributed by atoms with Crippen LogP contribution >= 0.6 is 0 Å². The quantitative estimate of drug-likeness (QED) is 0.807. The topological polar surface area (TPSA) is 68.6 Å². The molecule has 0 aromatic heterocycles. The van der Waals surface area contributed by atoms with Gasteiger partial charge >= 0.3 is 6.03 Å². The van der Waals surface area contributed by atoms with Crippen LogP contribution in [0.5, 0.6) is 5.75 Å². The summed E-state index contributed by atoms with van der Waals surface area (Å²) < 4.78 is 5.47. The van der Waals surface area contributed by atoms with E-state index in [9.17, 15) is 4.79 Å². The van der Waals surface area contributed by atoms with Gasteiger partial charge in [-0.3, -0.25) is 9.80 Å². The fourth-order valence-electron chi connectivity index (χ4n) is 4.54. The van der Waals surface area contributed by atoms with Crippen molar-refractivity contribution >= 4 is 17.4 Å². The molecular weight excluding hydrogens is 364 g/mol. The van der Waals surface area contributed by atoms with Crippen molar-refractivity contribution in [3.63, 3.8) is 0 Å². The third kappa shape index (κ3) is 3.66. The first kappa shape index (κ1) is 19.3. The number of benzene rings is 2. The van der Waals surface area contributed by atoms with Crippen LogP contribution in [-0.4, -0.2) is 44.2 Å². The number of amides is 2. The Labute approximate surface area is 171 Å². The number of carbonyl (C=O) groups is 1. The summed E-state index contributed by atoms with van der Waals surface area (Å²) in [5.74, 6) is 0.809. The molecule has 0 aliphatic carbocycles. The lowest BCUT2D eigenvalue weighted by atomic mass is 9.74. The van der Waals surface area contributed by atoms with Gasteiger partial charge in [0.15, 0.2) is 0 Å². The Kier molecular flexibility index (Phi) is 5.16. The molecule has 0 radical (unpaired) electrons. The zero-order valence-electron chi connectivity index (χ0n) is 16.9. The zero-order valence-corrected chi connectivity index (χ0v) is 16.9. The summed E-state index contributed by atoms with van der Waals surface area (Å²) in [6.45, 7) is 4.83. The summed E-state index contributed by atoms with van der Waals surface area (Å²) in [5, 5.41) is 12.1. The number of aryl methyl sites for hydroxylation is 1. The molecule has 0 atom stereocenters. The van der Waals surface area contributed by atoms with Gasteiger partial charge in [-0.25, -0.2) is 4.79 Å². The number of nitriles is 1. The second-order valence-electron chi connectivity index (χ2n) is 7.98. The maximum absolute atomic E-state index is 13.2. The molecular formula is C23H26N4O2. The molecule has 29 heavy (non-hydrogen) atoms. The Bertz CT molecular complexity index is 958. The third-order valence-corrected chi connectivity index (χ3v) is 6.15. The van der Waals surface area contributed by atoms with E-state index in [0.717, 1.165) is 48.6 Å². The van der Waals surface area contributed by atoms with Crippen molar-refractivity contribution in [3.8, 4) is 11.8 Å². The molecule has 1 fully saturated rings. The molecule has 1 saturated heterocycles. The molecule has 0 unspecified atom stereocenters. The van der Waals surface area contributed by atoms with Crippen LogP contribution in [0.25, 0.3) is 0 Å². The Balaban J connectivity index is 1.62. The van der Waals surface area contributed by atoms with E-state index >= 15 is 0 Å². The van der Waals surface area contributed by atoms with Crippen molar-refractivity contribution in [2.75, 3.05) is 43.5 Å². The smallest absolute Gasteiger partial charge is 0.326 e. The minimum Gasteiger partial charge on any atom is -0.497 e. The highest BCUT2D eigenvalue weighted by Crippen LogP contribution is 2.48. The molecule has 2 amide bonds. The summed E-state index contributed by atoms with van der Waals surface area (Å²) in [5.41, 5.74) is 3.93. The van der Waals surface area contributed by atoms with Crippen molar-refractivity contribution in [2.24, 2.45) is 0 Å². The largest absolute Gasteiger partial charge is 0.497 e. The Morgan fingerprint density at radius 2 is 2.03 bits per heavy atom. The van der Waals surface area contributed by atoms with Crippen LogP contribution < -0.4 is 15.0 Å². The Morgan fingerprint density at radius 1 is 1.24 bits per heavy atom. The molecule has 0 bridgehead atoms. The van der Waals surface area contributed by atoms with Crippen molar-refractivity contribution < 1.29 is 9.53 Å². The number of nitrogens with one attached hydrogen (secondary N) is 1. The monoisotopic (exact) mass is 390 g/mol. The van der Waals surface area contributed by atoms with Crippen molar-refractivity contribution in [2.45, 2.75) is 25.2 Å². The van der Waals surface area contributed by atoms with E-state index in [0.29, 0.717) is 13.1 Å². The number of rotatable bonds is 3. The van der Waals surface area contributed by atoms with Crippen LogP contribution in [0, 0.1) is 18.3 Å². The molecule has 150 valence electrons. The zero-order chi connectivity index (χ0) is 20.4. The highest BCUT2D eigenvalue weighted by atomic mass is 16.5. The lowest BCUT2D eigenvalue weighted by Gasteiger charge is -2.39. The van der Waals surface area contributed by atoms with Crippen molar-refractivity contribution in [1.29, 1.82) is 5.26 Å². The number of hydrogen-bond acceptors (Lipinski definition) is 4. The number of urea groups is 1. The fraction of sp³-hybridized carbons (Fsp3) is 0.391. The predicted octanol–water partition coefficient (Wildman–Crippen LogP) is 3.91. The molecule has 2 aliphatic heterocycles. The molecule has 0 saturated carbocycles. The van der Waals surface area contributed by atoms with Crippen LogP contribution in [-0.2, 0) is 5.41 Å². The number of carbonyl (C=O) groups excluding carboxylic acids is 1. The molecule has 6 heteroatoms. The first-order chi connectivity index (χ1) is 14.0. The normalized spacial score (nSPS) is 17.6. The lowest BCUT2D eigenvalue weighted by Crippen LogP contribution is -2.46. The SMILES string of the molecule is COc1ccc2c(c1)C1(CCN(CC#N)CC1)CN2C(=O)Nc1cccc(C)c1. The van der Waals surface area contributed by atoms with Gasteiger partial charge in [-0.05, 0) is 61.2 Å². The van der Waals surface area contributed by atoms with Crippen molar-refractivity contribution in [3.05, 3.63) is 53.6 Å². The first-order valence-corrected chi connectivity index (χ1v) is 9.98. The maximum atomic E-state index is 13.2. The van der Waals surface area contributed by atoms with Gasteiger partial charge in [-0.1, -0.05) is 12.1 Å². The standard InChI is InChI=1S/C23H26N4O2/c1-17-4-3-5-18(14-17)25-22(28)27-16-23(8-11-26(12-9-23)13-10-24)20-15-19(29-2)6-7-21(20)27/h3-7,14-15H,8-9,11-13,16H2,1-2H3,(H,25,28). The van der Waals surface area contributed by atoms with Crippen LogP contribution in [0.1, 0.15) is 24.0 Å². The summed E-state index contributed by atoms with van der Waals surface area (Å²) >= 11 is 0. The molecule has 2 aliphatic rings. The number of methoxy groups -OCH3 is 1. The average Bonchev–Trinajstić information content (AvgIpc) is 3.04. The third-order valence-electron chi connectivity index (χ3n) is 6.15. The van der Waals surface area contributed by atoms with E-state index in [1.165, 1.54) is 5.56 Å². The Morgan fingerprint density at radius 3 is 2.72 bits per heavy atom. The predicted molar refractivity (Wildman–Crippen MR) is 114 cm³/mol. The Hall–Kier alpha value is -3.04. The van der Waals surface area contributed by atoms with Gasteiger partial charge in [0.2, 0.25) is 0 Å². The summed E-state index contributed by atoms with van der Waals surface area (Å²) in [7, 11) is 1.67. The summed E-state index contributed by atoms with van der Waals surface area (Å²) in [4.78, 5) is 17.2. The number of anilines is 2. The molecule has 2 heterocycles. The van der Waals surface area contributed by atoms with Gasteiger partial charge in [0.25, 0.3) is 0 Å². The van der Waals surface area contributed by atoms with Gasteiger partial charge in [0.05, 0.1) is 19.7 Å². The van der Waals surface area contributed by atoms with Gasteiger partial charge in [0, 0.05) is 36.4 Å². The number of ether oxygens (including phenoxy) is 1. The highest BCUT2D eigenvalue weighted by molar-refractivity contribution is 6.03. The second kappa shape index (κ2) is 7.76. The lowest BCUT2D eigenvalue weighted by molar-refractivity contribution is 0.182. The van der Waals surface area contributed by atoms with E-state index in [-0.39, 0.29) is 11.4 Å². The van der Waals surface area contributed by atoms with Crippen LogP contribution in [0.4, 0.5) is 16.2 Å². The van der Waals surface area contributed by atoms with Gasteiger partial charge in [-0.2, -0.15) is 5.26 Å². The molecule has 4 rings (SSSR count). The van der Waals surface area contributed by atoms with Gasteiger partial charge < -0.3 is 10.1 Å². The fourth-order valence-corrected chi connectivity index (χ4v) is 4.54. The van der Waals surface area contributed by atoms with Gasteiger partial charge in [0.1, 0.15) is 5.75 Å². The van der Waals surface area contributed by atoms with Crippen LogP contribution in [0.15, 0.2) is 42.5 Å². The van der Waals surface area contributed by atoms with E-state index in [4.69, 9.17) is 10.00 Å². The second-order valence-corrected chi connectivity index (χ2v) is 7.98. The van der Waals surface area contributed by atoms with Crippen LogP contribution in [0.3, 0.4) is 0 Å². The number of piperidine rings is 1. The van der Waals surface area contributed by atoms with E-state index in [1.54, 1.807) is 7.11 Å². The number of hydrogen-bond donors (Lipinski definition) is 1. The van der Waals surface area contributed by atoms with E-state index in [2.05, 4.69) is 22.4 Å². The van der Waals surface area contributed by atoms with Gasteiger partial charge in [-0.15, -0.1) is 0 Å². The van der Waals surface area contributed by atoms with Crippen LogP contribution in [0.2, 0.25) is 0 Å². The molecule has 2 aromatic carbocycles. The minimum absolute atomic E-state index is 0.0974. The number of likely N-dealkylation sites (tertiary alicyclic amines) is 1.